The van der Waals surface area contributed by atoms with Crippen LogP contribution in [-0.2, 0) is 4.79 Å². The topological polar surface area (TPSA) is 55.4 Å². The Bertz CT molecular complexity index is 676. The fourth-order valence-corrected chi connectivity index (χ4v) is 2.02. The lowest BCUT2D eigenvalue weighted by Gasteiger charge is -2.10. The van der Waals surface area contributed by atoms with Gasteiger partial charge in [-0.3, -0.25) is 9.59 Å². The Morgan fingerprint density at radius 2 is 2.05 bits per heavy atom. The fraction of sp³-hybridized carbons (Fsp3) is 0.0667. The van der Waals surface area contributed by atoms with Gasteiger partial charge in [0.05, 0.1) is 11.3 Å². The van der Waals surface area contributed by atoms with Gasteiger partial charge in [0, 0.05) is 4.47 Å². The molecule has 0 fully saturated rings. The molecule has 0 aliphatic heterocycles. The van der Waals surface area contributed by atoms with Crippen molar-refractivity contribution in [2.75, 3.05) is 11.9 Å². The number of rotatable bonds is 5. The third kappa shape index (κ3) is 4.13. The van der Waals surface area contributed by atoms with Gasteiger partial charge in [-0.15, -0.1) is 0 Å². The first-order chi connectivity index (χ1) is 10.1. The molecule has 0 aliphatic carbocycles. The molecule has 2 aromatic rings. The number of para-hydroxylation sites is 1. The highest BCUT2D eigenvalue weighted by Crippen LogP contribution is 2.21. The molecule has 6 heteroatoms. The van der Waals surface area contributed by atoms with E-state index >= 15 is 0 Å². The summed E-state index contributed by atoms with van der Waals surface area (Å²) in [6, 6.07) is 10.7. The lowest BCUT2D eigenvalue weighted by atomic mass is 10.2. The van der Waals surface area contributed by atoms with Crippen LogP contribution in [0.15, 0.2) is 46.9 Å². The summed E-state index contributed by atoms with van der Waals surface area (Å²) in [6.07, 6.45) is 0.476. The number of anilines is 1. The van der Waals surface area contributed by atoms with Gasteiger partial charge >= 0.3 is 0 Å². The van der Waals surface area contributed by atoms with Crippen molar-refractivity contribution in [3.63, 3.8) is 0 Å². The van der Waals surface area contributed by atoms with E-state index < -0.39 is 5.82 Å². The van der Waals surface area contributed by atoms with Crippen LogP contribution in [0.25, 0.3) is 0 Å². The maximum atomic E-state index is 13.0. The molecule has 0 spiro atoms. The van der Waals surface area contributed by atoms with Crippen LogP contribution in [0.3, 0.4) is 0 Å². The zero-order chi connectivity index (χ0) is 15.2. The lowest BCUT2D eigenvalue weighted by Crippen LogP contribution is -2.20. The Morgan fingerprint density at radius 1 is 1.29 bits per heavy atom. The standard InChI is InChI=1S/C15H11BrFNO3/c16-12-3-1-2-4-13(12)18-15(20)9-21-14-6-5-11(17)7-10(14)8-19/h1-8H,9H2,(H,18,20). The Hall–Kier alpha value is -2.21. The molecule has 0 aromatic heterocycles. The Labute approximate surface area is 129 Å². The van der Waals surface area contributed by atoms with Crippen molar-refractivity contribution in [3.8, 4) is 5.75 Å². The van der Waals surface area contributed by atoms with Gasteiger partial charge in [-0.25, -0.2) is 4.39 Å². The van der Waals surface area contributed by atoms with Crippen LogP contribution in [0.5, 0.6) is 5.75 Å². The minimum absolute atomic E-state index is 0.0590. The molecule has 0 heterocycles. The summed E-state index contributed by atoms with van der Waals surface area (Å²) >= 11 is 3.31. The smallest absolute Gasteiger partial charge is 0.262 e. The molecule has 0 atom stereocenters. The van der Waals surface area contributed by atoms with Crippen LogP contribution < -0.4 is 10.1 Å². The van der Waals surface area contributed by atoms with Crippen molar-refractivity contribution in [1.29, 1.82) is 0 Å². The highest BCUT2D eigenvalue weighted by Gasteiger charge is 2.09. The van der Waals surface area contributed by atoms with Gasteiger partial charge in [0.15, 0.2) is 12.9 Å². The van der Waals surface area contributed by atoms with Gasteiger partial charge < -0.3 is 10.1 Å². The molecular formula is C15H11BrFNO3. The van der Waals surface area contributed by atoms with Crippen molar-refractivity contribution in [1.82, 2.24) is 0 Å². The fourth-order valence-electron chi connectivity index (χ4n) is 1.64. The average molecular weight is 352 g/mol. The molecular weight excluding hydrogens is 341 g/mol. The van der Waals surface area contributed by atoms with E-state index in [1.54, 1.807) is 18.2 Å². The van der Waals surface area contributed by atoms with E-state index in [2.05, 4.69) is 21.2 Å². The number of hydrogen-bond acceptors (Lipinski definition) is 3. The number of benzene rings is 2. The van der Waals surface area contributed by atoms with E-state index in [9.17, 15) is 14.0 Å². The molecule has 21 heavy (non-hydrogen) atoms. The van der Waals surface area contributed by atoms with E-state index in [4.69, 9.17) is 4.74 Å². The molecule has 4 nitrogen and oxygen atoms in total. The van der Waals surface area contributed by atoms with Crippen LogP contribution in [0, 0.1) is 5.82 Å². The minimum Gasteiger partial charge on any atom is -0.483 e. The average Bonchev–Trinajstić information content (AvgIpc) is 2.48. The monoisotopic (exact) mass is 351 g/mol. The number of aldehydes is 1. The van der Waals surface area contributed by atoms with E-state index in [0.717, 1.165) is 16.6 Å². The van der Waals surface area contributed by atoms with Crippen LogP contribution in [0.2, 0.25) is 0 Å². The number of halogens is 2. The second-order valence-corrected chi connectivity index (χ2v) is 4.97. The van der Waals surface area contributed by atoms with Gasteiger partial charge in [-0.2, -0.15) is 0 Å². The van der Waals surface area contributed by atoms with E-state index in [0.29, 0.717) is 12.0 Å². The number of amides is 1. The highest BCUT2D eigenvalue weighted by molar-refractivity contribution is 9.10. The zero-order valence-electron chi connectivity index (χ0n) is 10.8. The van der Waals surface area contributed by atoms with Gasteiger partial charge in [0.1, 0.15) is 11.6 Å². The van der Waals surface area contributed by atoms with Crippen LogP contribution >= 0.6 is 15.9 Å². The predicted molar refractivity (Wildman–Crippen MR) is 80.1 cm³/mol. The van der Waals surface area contributed by atoms with Crippen molar-refractivity contribution in [2.45, 2.75) is 0 Å². The Kier molecular flexibility index (Phi) is 5.05. The Morgan fingerprint density at radius 3 is 2.76 bits per heavy atom. The molecule has 0 radical (unpaired) electrons. The quantitative estimate of drug-likeness (QED) is 0.839. The van der Waals surface area contributed by atoms with Gasteiger partial charge in [-0.05, 0) is 46.3 Å². The van der Waals surface area contributed by atoms with Crippen molar-refractivity contribution < 1.29 is 18.7 Å². The van der Waals surface area contributed by atoms with E-state index in [1.807, 2.05) is 6.07 Å². The summed E-state index contributed by atoms with van der Waals surface area (Å²) in [5.41, 5.74) is 0.671. The first kappa shape index (κ1) is 15.2. The summed E-state index contributed by atoms with van der Waals surface area (Å²) in [5, 5.41) is 2.66. The molecule has 0 unspecified atom stereocenters. The maximum Gasteiger partial charge on any atom is 0.262 e. The number of carbonyl (C=O) groups is 2. The second kappa shape index (κ2) is 6.99. The van der Waals surface area contributed by atoms with Crippen LogP contribution in [-0.4, -0.2) is 18.8 Å². The van der Waals surface area contributed by atoms with E-state index in [-0.39, 0.29) is 23.8 Å². The summed E-state index contributed by atoms with van der Waals surface area (Å²) in [5.74, 6) is -0.765. The molecule has 0 saturated carbocycles. The summed E-state index contributed by atoms with van der Waals surface area (Å²) in [6.45, 7) is -0.284. The van der Waals surface area contributed by atoms with Crippen LogP contribution in [0.1, 0.15) is 10.4 Å². The summed E-state index contributed by atoms with van der Waals surface area (Å²) in [7, 11) is 0. The van der Waals surface area contributed by atoms with Gasteiger partial charge in [0.2, 0.25) is 0 Å². The molecule has 0 saturated heterocycles. The number of nitrogens with one attached hydrogen (secondary N) is 1. The molecule has 2 aromatic carbocycles. The zero-order valence-corrected chi connectivity index (χ0v) is 12.4. The molecule has 0 bridgehead atoms. The van der Waals surface area contributed by atoms with Crippen molar-refractivity contribution in [3.05, 3.63) is 58.3 Å². The minimum atomic E-state index is -0.540. The molecule has 2 rings (SSSR count). The molecule has 1 amide bonds. The number of carbonyl (C=O) groups excluding carboxylic acids is 2. The second-order valence-electron chi connectivity index (χ2n) is 4.12. The third-order valence-electron chi connectivity index (χ3n) is 2.61. The van der Waals surface area contributed by atoms with Gasteiger partial charge in [-0.1, -0.05) is 12.1 Å². The number of hydrogen-bond donors (Lipinski definition) is 1. The van der Waals surface area contributed by atoms with Crippen LogP contribution in [0.4, 0.5) is 10.1 Å². The first-order valence-corrected chi connectivity index (χ1v) is 6.81. The lowest BCUT2D eigenvalue weighted by molar-refractivity contribution is -0.118. The molecule has 0 aliphatic rings. The normalized spacial score (nSPS) is 10.0. The van der Waals surface area contributed by atoms with Gasteiger partial charge in [0.25, 0.3) is 5.91 Å². The predicted octanol–water partition coefficient (Wildman–Crippen LogP) is 3.42. The Balaban J connectivity index is 1.99. The van der Waals surface area contributed by atoms with Crippen molar-refractivity contribution >= 4 is 33.8 Å². The molecule has 108 valence electrons. The van der Waals surface area contributed by atoms with Crippen molar-refractivity contribution in [2.24, 2.45) is 0 Å². The van der Waals surface area contributed by atoms with E-state index in [1.165, 1.54) is 6.07 Å². The first-order valence-electron chi connectivity index (χ1n) is 6.02. The summed E-state index contributed by atoms with van der Waals surface area (Å²) < 4.78 is 18.9. The highest BCUT2D eigenvalue weighted by atomic mass is 79.9. The SMILES string of the molecule is O=Cc1cc(F)ccc1OCC(=O)Nc1ccccc1Br. The number of ether oxygens (including phenoxy) is 1. The maximum absolute atomic E-state index is 13.0. The largest absolute Gasteiger partial charge is 0.483 e. The summed E-state index contributed by atoms with van der Waals surface area (Å²) in [4.78, 5) is 22.6. The third-order valence-corrected chi connectivity index (χ3v) is 3.30. The molecule has 1 N–H and O–H groups in total.